The van der Waals surface area contributed by atoms with Crippen LogP contribution in [-0.2, 0) is 16.6 Å². The molecule has 6 nitrogen and oxygen atoms in total. The van der Waals surface area contributed by atoms with Crippen molar-refractivity contribution in [1.29, 1.82) is 0 Å². The van der Waals surface area contributed by atoms with Gasteiger partial charge in [-0.05, 0) is 85.8 Å². The molecule has 2 atom stereocenters. The van der Waals surface area contributed by atoms with Crippen molar-refractivity contribution in [3.8, 4) is 5.75 Å². The SMILES string of the molecule is CS(=O)(=O)NC(=O)c1cc(C2CC2)c(OCC2CC3CCC(C2)N3Cc2cc(Cl)cc(Cl)c2)cc1F. The molecule has 5 rings (SSSR count). The average Bonchev–Trinajstić information content (AvgIpc) is 3.57. The summed E-state index contributed by atoms with van der Waals surface area (Å²) in [6.07, 6.45) is 7.02. The van der Waals surface area contributed by atoms with Gasteiger partial charge in [0.2, 0.25) is 10.0 Å². The van der Waals surface area contributed by atoms with E-state index in [9.17, 15) is 17.6 Å². The minimum atomic E-state index is -3.79. The molecular formula is C26H29Cl2FN2O4S. The molecule has 1 saturated carbocycles. The zero-order valence-electron chi connectivity index (χ0n) is 20.0. The number of ether oxygens (including phenoxy) is 1. The molecule has 0 aromatic heterocycles. The van der Waals surface area contributed by atoms with Gasteiger partial charge in [-0.2, -0.15) is 0 Å². The van der Waals surface area contributed by atoms with Crippen LogP contribution >= 0.6 is 23.2 Å². The lowest BCUT2D eigenvalue weighted by Gasteiger charge is -2.39. The number of amides is 1. The van der Waals surface area contributed by atoms with Crippen molar-refractivity contribution < 1.29 is 22.3 Å². The summed E-state index contributed by atoms with van der Waals surface area (Å²) in [4.78, 5) is 14.8. The molecule has 194 valence electrons. The number of fused-ring (bicyclic) bond motifs is 2. The van der Waals surface area contributed by atoms with Gasteiger partial charge < -0.3 is 4.74 Å². The number of carbonyl (C=O) groups is 1. The van der Waals surface area contributed by atoms with Crippen molar-refractivity contribution in [1.82, 2.24) is 9.62 Å². The van der Waals surface area contributed by atoms with Gasteiger partial charge in [0.25, 0.3) is 5.91 Å². The molecule has 1 N–H and O–H groups in total. The van der Waals surface area contributed by atoms with Crippen molar-refractivity contribution in [2.45, 2.75) is 63.1 Å². The zero-order chi connectivity index (χ0) is 25.6. The molecule has 2 unspecified atom stereocenters. The smallest absolute Gasteiger partial charge is 0.267 e. The van der Waals surface area contributed by atoms with Crippen LogP contribution in [0.5, 0.6) is 5.75 Å². The molecule has 10 heteroatoms. The molecule has 1 amide bonds. The summed E-state index contributed by atoms with van der Waals surface area (Å²) in [7, 11) is -3.79. The molecule has 2 aliphatic heterocycles. The van der Waals surface area contributed by atoms with Crippen LogP contribution in [0.25, 0.3) is 0 Å². The average molecular weight is 555 g/mol. The van der Waals surface area contributed by atoms with Crippen LogP contribution in [-0.4, -0.2) is 44.2 Å². The highest BCUT2D eigenvalue weighted by atomic mass is 35.5. The third-order valence-electron chi connectivity index (χ3n) is 7.38. The lowest BCUT2D eigenvalue weighted by Crippen LogP contribution is -2.43. The monoisotopic (exact) mass is 554 g/mol. The van der Waals surface area contributed by atoms with E-state index >= 15 is 0 Å². The van der Waals surface area contributed by atoms with E-state index in [2.05, 4.69) is 4.90 Å². The third-order valence-corrected chi connectivity index (χ3v) is 8.38. The Morgan fingerprint density at radius 3 is 2.28 bits per heavy atom. The topological polar surface area (TPSA) is 75.7 Å². The summed E-state index contributed by atoms with van der Waals surface area (Å²) >= 11 is 12.4. The highest BCUT2D eigenvalue weighted by Crippen LogP contribution is 2.46. The summed E-state index contributed by atoms with van der Waals surface area (Å²) in [5, 5.41) is 1.29. The number of hydrogen-bond donors (Lipinski definition) is 1. The Bertz CT molecular complexity index is 1250. The van der Waals surface area contributed by atoms with Crippen LogP contribution in [0.15, 0.2) is 30.3 Å². The summed E-state index contributed by atoms with van der Waals surface area (Å²) < 4.78 is 45.6. The van der Waals surface area contributed by atoms with E-state index in [1.54, 1.807) is 6.07 Å². The Hall–Kier alpha value is -1.87. The van der Waals surface area contributed by atoms with Crippen LogP contribution in [0.3, 0.4) is 0 Å². The molecule has 36 heavy (non-hydrogen) atoms. The fraction of sp³-hybridized carbons (Fsp3) is 0.500. The van der Waals surface area contributed by atoms with Crippen LogP contribution in [0.2, 0.25) is 10.0 Å². The molecule has 2 aromatic rings. The normalized spacial score (nSPS) is 24.1. The van der Waals surface area contributed by atoms with Crippen LogP contribution in [0.1, 0.15) is 65.9 Å². The van der Waals surface area contributed by atoms with E-state index in [1.807, 2.05) is 16.9 Å². The summed E-state index contributed by atoms with van der Waals surface area (Å²) in [5.41, 5.74) is 1.61. The first kappa shape index (κ1) is 25.8. The molecule has 3 fully saturated rings. The first-order valence-electron chi connectivity index (χ1n) is 12.2. The molecule has 2 bridgehead atoms. The van der Waals surface area contributed by atoms with Crippen molar-refractivity contribution in [2.75, 3.05) is 12.9 Å². The lowest BCUT2D eigenvalue weighted by molar-refractivity contribution is 0.0735. The van der Waals surface area contributed by atoms with Crippen LogP contribution < -0.4 is 9.46 Å². The predicted molar refractivity (Wildman–Crippen MR) is 138 cm³/mol. The highest BCUT2D eigenvalue weighted by molar-refractivity contribution is 7.89. The third kappa shape index (κ3) is 5.98. The second-order valence-electron chi connectivity index (χ2n) is 10.3. The minimum Gasteiger partial charge on any atom is -0.493 e. The van der Waals surface area contributed by atoms with Gasteiger partial charge >= 0.3 is 0 Å². The minimum absolute atomic E-state index is 0.202. The number of piperidine rings is 1. The number of hydrogen-bond acceptors (Lipinski definition) is 5. The maximum atomic E-state index is 14.8. The van der Waals surface area contributed by atoms with E-state index < -0.39 is 21.7 Å². The largest absolute Gasteiger partial charge is 0.493 e. The van der Waals surface area contributed by atoms with E-state index in [4.69, 9.17) is 27.9 Å². The fourth-order valence-electron chi connectivity index (χ4n) is 5.71. The first-order valence-corrected chi connectivity index (χ1v) is 14.9. The quantitative estimate of drug-likeness (QED) is 0.464. The molecule has 1 aliphatic carbocycles. The lowest BCUT2D eigenvalue weighted by atomic mass is 9.91. The van der Waals surface area contributed by atoms with Crippen LogP contribution in [0, 0.1) is 11.7 Å². The Labute approximate surface area is 221 Å². The van der Waals surface area contributed by atoms with E-state index in [-0.39, 0.29) is 11.5 Å². The molecule has 2 aromatic carbocycles. The number of rotatable bonds is 8. The van der Waals surface area contributed by atoms with Crippen molar-refractivity contribution in [3.05, 3.63) is 62.9 Å². The number of carbonyl (C=O) groups excluding carboxylic acids is 1. The molecule has 2 saturated heterocycles. The second-order valence-corrected chi connectivity index (χ2v) is 13.0. The van der Waals surface area contributed by atoms with Gasteiger partial charge in [0.15, 0.2) is 0 Å². The van der Waals surface area contributed by atoms with Gasteiger partial charge in [-0.3, -0.25) is 9.69 Å². The van der Waals surface area contributed by atoms with Crippen molar-refractivity contribution in [3.63, 3.8) is 0 Å². The molecule has 0 spiro atoms. The first-order chi connectivity index (χ1) is 17.1. The Balaban J connectivity index is 1.25. The number of nitrogens with one attached hydrogen (secondary N) is 1. The molecule has 3 aliphatic rings. The maximum absolute atomic E-state index is 14.8. The summed E-state index contributed by atoms with van der Waals surface area (Å²) in [5.74, 6) is -0.744. The maximum Gasteiger partial charge on any atom is 0.267 e. The Morgan fingerprint density at radius 1 is 1.06 bits per heavy atom. The number of sulfonamides is 1. The van der Waals surface area contributed by atoms with Gasteiger partial charge in [0, 0.05) is 34.7 Å². The van der Waals surface area contributed by atoms with Gasteiger partial charge in [0.05, 0.1) is 18.4 Å². The zero-order valence-corrected chi connectivity index (χ0v) is 22.3. The standard InChI is InChI=1S/C26H29Cl2FN2O4S/c1-36(33,34)30-26(32)23-11-22(17-2-3-17)25(12-24(23)29)35-14-16-8-20-4-5-21(9-16)31(20)13-15-6-18(27)10-19(28)7-15/h6-7,10-12,16-17,20-21H,2-5,8-9,13-14H2,1H3,(H,30,32). The molecule has 2 heterocycles. The number of halogens is 3. The summed E-state index contributed by atoms with van der Waals surface area (Å²) in [6.45, 7) is 1.30. The molecular weight excluding hydrogens is 526 g/mol. The number of nitrogens with zero attached hydrogens (tertiary/aromatic N) is 1. The van der Waals surface area contributed by atoms with Gasteiger partial charge in [-0.1, -0.05) is 23.2 Å². The predicted octanol–water partition coefficient (Wildman–Crippen LogP) is 5.52. The fourth-order valence-corrected chi connectivity index (χ4v) is 6.73. The van der Waals surface area contributed by atoms with Gasteiger partial charge in [-0.15, -0.1) is 0 Å². The Morgan fingerprint density at radius 2 is 1.69 bits per heavy atom. The van der Waals surface area contributed by atoms with Gasteiger partial charge in [0.1, 0.15) is 11.6 Å². The van der Waals surface area contributed by atoms with Gasteiger partial charge in [-0.25, -0.2) is 17.5 Å². The molecule has 0 radical (unpaired) electrons. The summed E-state index contributed by atoms with van der Waals surface area (Å²) in [6, 6.07) is 9.27. The van der Waals surface area contributed by atoms with Crippen molar-refractivity contribution in [2.24, 2.45) is 5.92 Å². The van der Waals surface area contributed by atoms with E-state index in [0.717, 1.165) is 62.5 Å². The second kappa shape index (κ2) is 10.1. The number of benzene rings is 2. The van der Waals surface area contributed by atoms with Crippen LogP contribution in [0.4, 0.5) is 4.39 Å². The van der Waals surface area contributed by atoms with E-state index in [1.165, 1.54) is 12.1 Å². The Kier molecular flexibility index (Phi) is 7.24. The highest BCUT2D eigenvalue weighted by Gasteiger charge is 2.41. The van der Waals surface area contributed by atoms with E-state index in [0.29, 0.717) is 40.4 Å². The van der Waals surface area contributed by atoms with Crippen molar-refractivity contribution >= 4 is 39.1 Å².